The number of rotatable bonds is 2. The topological polar surface area (TPSA) is 59.3 Å². The molecule has 4 heteroatoms. The highest BCUT2D eigenvalue weighted by atomic mass is 16.4. The number of carboxylic acids is 1. The first-order valence-electron chi connectivity index (χ1n) is 5.53. The van der Waals surface area contributed by atoms with Crippen molar-refractivity contribution >= 4 is 5.97 Å². The number of pyridine rings is 1. The third-order valence-corrected chi connectivity index (χ3v) is 2.87. The number of carbonyl (C=O) groups is 1. The van der Waals surface area contributed by atoms with Crippen molar-refractivity contribution in [2.45, 2.75) is 13.8 Å². The maximum Gasteiger partial charge on any atom is 0.341 e. The lowest BCUT2D eigenvalue weighted by Gasteiger charge is -2.12. The zero-order chi connectivity index (χ0) is 13.3. The molecular weight excluding hydrogens is 230 g/mol. The first-order valence-corrected chi connectivity index (χ1v) is 5.53. The van der Waals surface area contributed by atoms with Crippen LogP contribution in [0.4, 0.5) is 0 Å². The highest BCUT2D eigenvalue weighted by Gasteiger charge is 2.14. The van der Waals surface area contributed by atoms with E-state index < -0.39 is 11.4 Å². The predicted molar refractivity (Wildman–Crippen MR) is 68.5 cm³/mol. The van der Waals surface area contributed by atoms with Gasteiger partial charge in [-0.25, -0.2) is 4.79 Å². The van der Waals surface area contributed by atoms with Gasteiger partial charge in [0.2, 0.25) is 0 Å². The van der Waals surface area contributed by atoms with Crippen molar-refractivity contribution in [3.63, 3.8) is 0 Å². The molecule has 2 aromatic rings. The van der Waals surface area contributed by atoms with Crippen LogP contribution in [0.1, 0.15) is 21.6 Å². The molecule has 4 nitrogen and oxygen atoms in total. The molecule has 0 aliphatic carbocycles. The quantitative estimate of drug-likeness (QED) is 0.879. The van der Waals surface area contributed by atoms with Crippen LogP contribution < -0.4 is 5.43 Å². The number of aryl methyl sites for hydroxylation is 1. The highest BCUT2D eigenvalue weighted by Crippen LogP contribution is 2.13. The van der Waals surface area contributed by atoms with Gasteiger partial charge in [-0.3, -0.25) is 4.79 Å². The Kier molecular flexibility index (Phi) is 3.02. The van der Waals surface area contributed by atoms with Crippen LogP contribution in [0.5, 0.6) is 0 Å². The van der Waals surface area contributed by atoms with E-state index in [0.29, 0.717) is 5.69 Å². The smallest absolute Gasteiger partial charge is 0.341 e. The SMILES string of the molecule is Cc1ccc(-n2ccc(=O)c(C(=O)O)c2C)cc1. The lowest BCUT2D eigenvalue weighted by Crippen LogP contribution is -2.19. The van der Waals surface area contributed by atoms with E-state index in [1.807, 2.05) is 31.2 Å². The second kappa shape index (κ2) is 4.49. The molecule has 1 N–H and O–H groups in total. The van der Waals surface area contributed by atoms with Gasteiger partial charge in [-0.1, -0.05) is 17.7 Å². The molecule has 1 aromatic heterocycles. The summed E-state index contributed by atoms with van der Waals surface area (Å²) in [6, 6.07) is 8.92. The number of nitrogens with zero attached hydrogens (tertiary/aromatic N) is 1. The molecule has 18 heavy (non-hydrogen) atoms. The molecule has 0 amide bonds. The summed E-state index contributed by atoms with van der Waals surface area (Å²) in [6.07, 6.45) is 1.59. The van der Waals surface area contributed by atoms with Gasteiger partial charge >= 0.3 is 5.97 Å². The number of carboxylic acid groups (broad SMARTS) is 1. The monoisotopic (exact) mass is 243 g/mol. The van der Waals surface area contributed by atoms with E-state index in [0.717, 1.165) is 11.3 Å². The molecule has 0 radical (unpaired) electrons. The van der Waals surface area contributed by atoms with Gasteiger partial charge in [0, 0.05) is 23.6 Å². The van der Waals surface area contributed by atoms with Crippen LogP contribution in [-0.4, -0.2) is 15.6 Å². The minimum absolute atomic E-state index is 0.182. The molecule has 2 rings (SSSR count). The van der Waals surface area contributed by atoms with Crippen molar-refractivity contribution in [2.24, 2.45) is 0 Å². The molecule has 0 fully saturated rings. The van der Waals surface area contributed by atoms with Crippen molar-refractivity contribution in [3.05, 3.63) is 63.6 Å². The van der Waals surface area contributed by atoms with Gasteiger partial charge in [0.15, 0.2) is 5.43 Å². The van der Waals surface area contributed by atoms with E-state index in [-0.39, 0.29) is 5.56 Å². The molecule has 0 bridgehead atoms. The normalized spacial score (nSPS) is 10.3. The van der Waals surface area contributed by atoms with Crippen molar-refractivity contribution in [1.82, 2.24) is 4.57 Å². The van der Waals surface area contributed by atoms with Gasteiger partial charge in [-0.2, -0.15) is 0 Å². The summed E-state index contributed by atoms with van der Waals surface area (Å²) in [5, 5.41) is 9.05. The average Bonchev–Trinajstić information content (AvgIpc) is 2.30. The molecule has 0 aliphatic heterocycles. The summed E-state index contributed by atoms with van der Waals surface area (Å²) in [5.41, 5.74) is 1.73. The van der Waals surface area contributed by atoms with Crippen LogP contribution in [0.15, 0.2) is 41.3 Å². The lowest BCUT2D eigenvalue weighted by atomic mass is 10.1. The van der Waals surface area contributed by atoms with Crippen LogP contribution in [0.3, 0.4) is 0 Å². The summed E-state index contributed by atoms with van der Waals surface area (Å²) in [6.45, 7) is 3.61. The Hall–Kier alpha value is -2.36. The second-order valence-corrected chi connectivity index (χ2v) is 4.15. The van der Waals surface area contributed by atoms with Crippen LogP contribution >= 0.6 is 0 Å². The van der Waals surface area contributed by atoms with E-state index >= 15 is 0 Å². The van der Waals surface area contributed by atoms with Crippen LogP contribution in [0.2, 0.25) is 0 Å². The van der Waals surface area contributed by atoms with E-state index in [1.165, 1.54) is 6.07 Å². The molecule has 92 valence electrons. The zero-order valence-corrected chi connectivity index (χ0v) is 10.2. The summed E-state index contributed by atoms with van der Waals surface area (Å²) < 4.78 is 1.70. The minimum atomic E-state index is -1.20. The predicted octanol–water partition coefficient (Wildman–Crippen LogP) is 2.15. The van der Waals surface area contributed by atoms with Crippen molar-refractivity contribution in [2.75, 3.05) is 0 Å². The zero-order valence-electron chi connectivity index (χ0n) is 10.2. The molecule has 0 saturated heterocycles. The third kappa shape index (κ3) is 2.05. The highest BCUT2D eigenvalue weighted by molar-refractivity contribution is 5.88. The van der Waals surface area contributed by atoms with Gasteiger partial charge < -0.3 is 9.67 Å². The number of hydrogen-bond donors (Lipinski definition) is 1. The molecule has 0 unspecified atom stereocenters. The van der Waals surface area contributed by atoms with Gasteiger partial charge in [0.1, 0.15) is 5.56 Å². The lowest BCUT2D eigenvalue weighted by molar-refractivity contribution is 0.0694. The molecule has 1 heterocycles. The van der Waals surface area contributed by atoms with Crippen molar-refractivity contribution in [1.29, 1.82) is 0 Å². The van der Waals surface area contributed by atoms with Crippen LogP contribution in [0.25, 0.3) is 5.69 Å². The number of aromatic nitrogens is 1. The molecule has 0 atom stereocenters. The maximum absolute atomic E-state index is 11.5. The van der Waals surface area contributed by atoms with E-state index in [4.69, 9.17) is 5.11 Å². The first kappa shape index (κ1) is 12.1. The number of aromatic carboxylic acids is 1. The summed E-state index contributed by atoms with van der Waals surface area (Å²) in [4.78, 5) is 22.6. The Labute approximate surface area is 104 Å². The summed E-state index contributed by atoms with van der Waals surface area (Å²) in [5.74, 6) is -1.20. The van der Waals surface area contributed by atoms with E-state index in [1.54, 1.807) is 17.7 Å². The standard InChI is InChI=1S/C14H13NO3/c1-9-3-5-11(6-4-9)15-8-7-12(16)13(10(15)2)14(17)18/h3-8H,1-2H3,(H,17,18). The summed E-state index contributed by atoms with van der Waals surface area (Å²) >= 11 is 0. The Morgan fingerprint density at radius 3 is 2.28 bits per heavy atom. The van der Waals surface area contributed by atoms with Gasteiger partial charge in [-0.05, 0) is 26.0 Å². The Morgan fingerprint density at radius 1 is 1.11 bits per heavy atom. The average molecular weight is 243 g/mol. The molecule has 0 spiro atoms. The largest absolute Gasteiger partial charge is 0.477 e. The number of benzene rings is 1. The molecule has 0 saturated carbocycles. The minimum Gasteiger partial charge on any atom is -0.477 e. The molecule has 0 aliphatic rings. The van der Waals surface area contributed by atoms with Gasteiger partial charge in [-0.15, -0.1) is 0 Å². The number of hydrogen-bond acceptors (Lipinski definition) is 2. The van der Waals surface area contributed by atoms with E-state index in [2.05, 4.69) is 0 Å². The van der Waals surface area contributed by atoms with Crippen LogP contribution in [0, 0.1) is 13.8 Å². The van der Waals surface area contributed by atoms with Gasteiger partial charge in [0.25, 0.3) is 0 Å². The van der Waals surface area contributed by atoms with Crippen molar-refractivity contribution in [3.8, 4) is 5.69 Å². The fraction of sp³-hybridized carbons (Fsp3) is 0.143. The fourth-order valence-corrected chi connectivity index (χ4v) is 1.88. The van der Waals surface area contributed by atoms with Crippen molar-refractivity contribution < 1.29 is 9.90 Å². The second-order valence-electron chi connectivity index (χ2n) is 4.15. The third-order valence-electron chi connectivity index (χ3n) is 2.87. The van der Waals surface area contributed by atoms with Crippen LogP contribution in [-0.2, 0) is 0 Å². The molecule has 1 aromatic carbocycles. The fourth-order valence-electron chi connectivity index (χ4n) is 1.88. The Bertz CT molecular complexity index is 654. The molecular formula is C14H13NO3. The first-order chi connectivity index (χ1) is 8.50. The Balaban J connectivity index is 2.66. The van der Waals surface area contributed by atoms with E-state index in [9.17, 15) is 9.59 Å². The maximum atomic E-state index is 11.5. The van der Waals surface area contributed by atoms with Gasteiger partial charge in [0.05, 0.1) is 0 Å². The Morgan fingerprint density at radius 2 is 1.72 bits per heavy atom. The summed E-state index contributed by atoms with van der Waals surface area (Å²) in [7, 11) is 0.